The number of hydrogen-bond acceptors (Lipinski definition) is 7. The number of aromatic nitrogens is 1. The minimum absolute atomic E-state index is 0.00258. The molecule has 0 aliphatic carbocycles. The van der Waals surface area contributed by atoms with E-state index < -0.39 is 50.8 Å². The Morgan fingerprint density at radius 3 is 1.46 bits per heavy atom. The third-order valence-electron chi connectivity index (χ3n) is 3.58. The number of H-pyrrole nitrogens is 1. The van der Waals surface area contributed by atoms with Crippen molar-refractivity contribution >= 4 is 52.2 Å². The van der Waals surface area contributed by atoms with E-state index in [1.54, 1.807) is 0 Å². The number of phenolic OH excluding ortho intramolecular Hbond substituents is 1. The summed E-state index contributed by atoms with van der Waals surface area (Å²) < 4.78 is 95.9. The molecule has 1 aromatic heterocycles. The van der Waals surface area contributed by atoms with Crippen molar-refractivity contribution in [2.75, 3.05) is 0 Å². The van der Waals surface area contributed by atoms with Crippen LogP contribution in [0.2, 0.25) is 0 Å². The molecule has 3 aromatic rings. The van der Waals surface area contributed by atoms with Crippen LogP contribution < -0.4 is 0 Å². The first-order valence-corrected chi connectivity index (χ1v) is 10.8. The number of phenols is 1. The van der Waals surface area contributed by atoms with Crippen molar-refractivity contribution in [3.8, 4) is 5.75 Å². The van der Waals surface area contributed by atoms with Crippen molar-refractivity contribution in [2.45, 2.75) is 14.7 Å². The van der Waals surface area contributed by atoms with Gasteiger partial charge in [-0.2, -0.15) is 25.3 Å². The summed E-state index contributed by atoms with van der Waals surface area (Å²) in [6.45, 7) is 0. The van der Waals surface area contributed by atoms with Gasteiger partial charge in [-0.1, -0.05) is 0 Å². The minimum Gasteiger partial charge on any atom is -0.506 e. The molecule has 0 aliphatic rings. The normalized spacial score (nSPS) is 13.5. The zero-order valence-corrected chi connectivity index (χ0v) is 14.7. The number of aromatic hydroxyl groups is 1. The maximum Gasteiger partial charge on any atom is 0.298 e. The van der Waals surface area contributed by atoms with Crippen LogP contribution in [0.5, 0.6) is 5.75 Å². The second-order valence-electron chi connectivity index (χ2n) is 5.26. The molecule has 0 saturated carbocycles. The molecule has 0 saturated heterocycles. The Morgan fingerprint density at radius 2 is 1.00 bits per heavy atom. The standard InChI is InChI=1S/C12H9NO10S3/c14-9-3-7-5(1-10(9)24(15,16)17)6-2-11(25(18,19)20)12(26(21,22)23)4-8(6)13-7/h1-4,13-14H,(H,15,16,17)(H,18,19,20)(H,21,22,23). The molecule has 5 N–H and O–H groups in total. The van der Waals surface area contributed by atoms with E-state index in [-0.39, 0.29) is 21.8 Å². The Morgan fingerprint density at radius 1 is 0.615 bits per heavy atom. The fraction of sp³-hybridized carbons (Fsp3) is 0. The van der Waals surface area contributed by atoms with Crippen molar-refractivity contribution in [1.82, 2.24) is 4.98 Å². The molecule has 0 bridgehead atoms. The number of rotatable bonds is 3. The molecule has 0 atom stereocenters. The van der Waals surface area contributed by atoms with Crippen LogP contribution in [0.25, 0.3) is 21.8 Å². The van der Waals surface area contributed by atoms with Gasteiger partial charge in [0.1, 0.15) is 20.4 Å². The molecule has 3 rings (SSSR count). The third kappa shape index (κ3) is 3.02. The first-order valence-electron chi connectivity index (χ1n) is 6.44. The van der Waals surface area contributed by atoms with Gasteiger partial charge in [-0.05, 0) is 18.2 Å². The summed E-state index contributed by atoms with van der Waals surface area (Å²) in [5.41, 5.74) is 0.0191. The second-order valence-corrected chi connectivity index (χ2v) is 9.43. The summed E-state index contributed by atoms with van der Waals surface area (Å²) in [5.74, 6) is -0.809. The monoisotopic (exact) mass is 423 g/mol. The Balaban J connectivity index is 2.55. The second kappa shape index (κ2) is 5.38. The highest BCUT2D eigenvalue weighted by atomic mass is 32.2. The molecule has 26 heavy (non-hydrogen) atoms. The van der Waals surface area contributed by atoms with E-state index in [9.17, 15) is 39.5 Å². The topological polar surface area (TPSA) is 199 Å². The zero-order chi connectivity index (χ0) is 19.7. The molecule has 0 amide bonds. The maximum absolute atomic E-state index is 11.5. The predicted molar refractivity (Wildman–Crippen MR) is 86.9 cm³/mol. The fourth-order valence-corrected chi connectivity index (χ4v) is 4.92. The highest BCUT2D eigenvalue weighted by Gasteiger charge is 2.26. The van der Waals surface area contributed by atoms with Crippen LogP contribution in [0.1, 0.15) is 0 Å². The number of hydrogen-bond donors (Lipinski definition) is 5. The van der Waals surface area contributed by atoms with Crippen molar-refractivity contribution in [1.29, 1.82) is 0 Å². The summed E-state index contributed by atoms with van der Waals surface area (Å²) >= 11 is 0. The molecule has 0 unspecified atom stereocenters. The van der Waals surface area contributed by atoms with Gasteiger partial charge in [0, 0.05) is 22.4 Å². The average molecular weight is 423 g/mol. The average Bonchev–Trinajstić information content (AvgIpc) is 2.78. The molecule has 11 nitrogen and oxygen atoms in total. The molecule has 0 radical (unpaired) electrons. The summed E-state index contributed by atoms with van der Waals surface area (Å²) in [6.07, 6.45) is 0. The molecular weight excluding hydrogens is 414 g/mol. The Hall–Kier alpha value is -2.23. The molecule has 0 fully saturated rings. The Kier molecular flexibility index (Phi) is 3.84. The largest absolute Gasteiger partial charge is 0.506 e. The van der Waals surface area contributed by atoms with Gasteiger partial charge in [0.25, 0.3) is 30.4 Å². The van der Waals surface area contributed by atoms with E-state index in [1.165, 1.54) is 0 Å². The van der Waals surface area contributed by atoms with Crippen LogP contribution in [0.4, 0.5) is 0 Å². The van der Waals surface area contributed by atoms with Crippen LogP contribution in [-0.4, -0.2) is 49.0 Å². The summed E-state index contributed by atoms with van der Waals surface area (Å²) in [7, 11) is -14.9. The molecule has 14 heteroatoms. The van der Waals surface area contributed by atoms with E-state index in [0.717, 1.165) is 18.2 Å². The predicted octanol–water partition coefficient (Wildman–Crippen LogP) is 0.767. The molecule has 2 aromatic carbocycles. The lowest BCUT2D eigenvalue weighted by atomic mass is 10.1. The van der Waals surface area contributed by atoms with Crippen LogP contribution in [0.15, 0.2) is 39.0 Å². The van der Waals surface area contributed by atoms with Crippen LogP contribution in [-0.2, 0) is 30.4 Å². The number of aromatic amines is 1. The zero-order valence-electron chi connectivity index (χ0n) is 12.3. The summed E-state index contributed by atoms with van der Waals surface area (Å²) in [6, 6.07) is 3.17. The van der Waals surface area contributed by atoms with Crippen molar-refractivity contribution < 1.29 is 44.0 Å². The van der Waals surface area contributed by atoms with Gasteiger partial charge in [-0.15, -0.1) is 0 Å². The smallest absolute Gasteiger partial charge is 0.298 e. The van der Waals surface area contributed by atoms with Gasteiger partial charge in [0.15, 0.2) is 0 Å². The molecule has 1 heterocycles. The van der Waals surface area contributed by atoms with Crippen molar-refractivity contribution in [3.05, 3.63) is 24.3 Å². The number of nitrogens with one attached hydrogen (secondary N) is 1. The maximum atomic E-state index is 11.5. The van der Waals surface area contributed by atoms with E-state index >= 15 is 0 Å². The lowest BCUT2D eigenvalue weighted by molar-refractivity contribution is 0.444. The van der Waals surface area contributed by atoms with Crippen LogP contribution in [0, 0.1) is 0 Å². The fourth-order valence-electron chi connectivity index (χ4n) is 2.54. The highest BCUT2D eigenvalue weighted by molar-refractivity contribution is 7.89. The van der Waals surface area contributed by atoms with Gasteiger partial charge >= 0.3 is 0 Å². The van der Waals surface area contributed by atoms with E-state index in [0.29, 0.717) is 6.07 Å². The lowest BCUT2D eigenvalue weighted by Crippen LogP contribution is -2.08. The molecule has 0 spiro atoms. The molecular formula is C12H9NO10S3. The molecule has 140 valence electrons. The first-order chi connectivity index (χ1) is 11.7. The Labute approximate surface area is 146 Å². The number of fused-ring (bicyclic) bond motifs is 3. The summed E-state index contributed by atoms with van der Waals surface area (Å²) in [4.78, 5) is -0.491. The molecule has 0 aliphatic heterocycles. The van der Waals surface area contributed by atoms with Crippen molar-refractivity contribution in [2.24, 2.45) is 0 Å². The minimum atomic E-state index is -5.07. The third-order valence-corrected chi connectivity index (χ3v) is 6.38. The van der Waals surface area contributed by atoms with Crippen LogP contribution in [0.3, 0.4) is 0 Å². The lowest BCUT2D eigenvalue weighted by Gasteiger charge is -2.05. The summed E-state index contributed by atoms with van der Waals surface area (Å²) in [5, 5.41) is 9.65. The van der Waals surface area contributed by atoms with E-state index in [1.807, 2.05) is 0 Å². The van der Waals surface area contributed by atoms with Gasteiger partial charge in [-0.3, -0.25) is 13.7 Å². The van der Waals surface area contributed by atoms with Gasteiger partial charge in [0.2, 0.25) is 0 Å². The number of benzene rings is 2. The Bertz CT molecular complexity index is 1400. The van der Waals surface area contributed by atoms with Gasteiger partial charge < -0.3 is 10.1 Å². The van der Waals surface area contributed by atoms with Gasteiger partial charge in [-0.25, -0.2) is 0 Å². The quantitative estimate of drug-likeness (QED) is 0.375. The van der Waals surface area contributed by atoms with E-state index in [2.05, 4.69) is 4.98 Å². The van der Waals surface area contributed by atoms with E-state index in [4.69, 9.17) is 4.55 Å². The van der Waals surface area contributed by atoms with Crippen LogP contribution >= 0.6 is 0 Å². The van der Waals surface area contributed by atoms with Gasteiger partial charge in [0.05, 0.1) is 5.52 Å². The highest BCUT2D eigenvalue weighted by Crippen LogP contribution is 2.36. The SMILES string of the molecule is O=S(=O)(O)c1cc2c(cc1O)[nH]c1cc(S(=O)(=O)O)c(S(=O)(=O)O)cc12. The first kappa shape index (κ1) is 18.6. The van der Waals surface area contributed by atoms with Crippen molar-refractivity contribution in [3.63, 3.8) is 0 Å².